The number of rotatable bonds is 4. The summed E-state index contributed by atoms with van der Waals surface area (Å²) in [7, 11) is -5.52. The van der Waals surface area contributed by atoms with E-state index in [0.717, 1.165) is 0 Å². The summed E-state index contributed by atoms with van der Waals surface area (Å²) in [4.78, 5) is 14.6. The van der Waals surface area contributed by atoms with E-state index in [1.54, 1.807) is 4.90 Å². The Morgan fingerprint density at radius 1 is 0.968 bits per heavy atom. The van der Waals surface area contributed by atoms with Gasteiger partial charge >= 0.3 is 23.2 Å². The second-order valence-corrected chi connectivity index (χ2v) is 20.2. The zero-order valence-electron chi connectivity index (χ0n) is 21.4. The normalized spacial score (nSPS) is 28.8. The Morgan fingerprint density at radius 2 is 1.45 bits per heavy atom. The van der Waals surface area contributed by atoms with Gasteiger partial charge in [0.25, 0.3) is 0 Å². The number of ether oxygens (including phenoxy) is 1. The Morgan fingerprint density at radius 3 is 1.87 bits per heavy atom. The van der Waals surface area contributed by atoms with Gasteiger partial charge in [0, 0.05) is 0 Å². The van der Waals surface area contributed by atoms with Crippen LogP contribution in [0.5, 0.6) is 0 Å². The number of hydrogen-bond donors (Lipinski definition) is 1. The van der Waals surface area contributed by atoms with E-state index < -0.39 is 47.1 Å². The summed E-state index contributed by atoms with van der Waals surface area (Å²) in [6, 6.07) is -0.400. The summed E-state index contributed by atoms with van der Waals surface area (Å²) in [5, 5.41) is 11.0. The second-order valence-electron chi connectivity index (χ2n) is 11.3. The highest BCUT2D eigenvalue weighted by Gasteiger charge is 2.61. The van der Waals surface area contributed by atoms with Gasteiger partial charge in [-0.05, 0) is 42.9 Å². The Balaban J connectivity index is 2.54. The lowest BCUT2D eigenvalue weighted by Gasteiger charge is -2.52. The van der Waals surface area contributed by atoms with Gasteiger partial charge in [-0.15, -0.1) is 0 Å². The van der Waals surface area contributed by atoms with E-state index >= 15 is 0 Å². The number of aliphatic hydroxyl groups is 1. The molecule has 2 rings (SSSR count). The van der Waals surface area contributed by atoms with Crippen molar-refractivity contribution in [2.75, 3.05) is 13.2 Å². The average molecular weight is 476 g/mol. The maximum absolute atomic E-state index is 13.0. The van der Waals surface area contributed by atoms with Crippen molar-refractivity contribution in [3.05, 3.63) is 0 Å². The van der Waals surface area contributed by atoms with Gasteiger partial charge in [0.1, 0.15) is 5.60 Å². The fraction of sp³-hybridized carbons (Fsp3) is 0.955. The predicted molar refractivity (Wildman–Crippen MR) is 127 cm³/mol. The molecule has 0 aromatic rings. The summed E-state index contributed by atoms with van der Waals surface area (Å²) in [6.07, 6.45) is -1.79. The molecule has 31 heavy (non-hydrogen) atoms. The molecular weight excluding hydrogens is 430 g/mol. The van der Waals surface area contributed by atoms with Crippen molar-refractivity contribution in [2.24, 2.45) is 0 Å². The van der Waals surface area contributed by atoms with Crippen molar-refractivity contribution in [1.29, 1.82) is 0 Å². The van der Waals surface area contributed by atoms with Crippen LogP contribution in [-0.2, 0) is 17.7 Å². The molecule has 2 saturated heterocycles. The van der Waals surface area contributed by atoms with Gasteiger partial charge in [-0.1, -0.05) is 55.4 Å². The molecule has 1 amide bonds. The Labute approximate surface area is 191 Å². The third-order valence-electron chi connectivity index (χ3n) is 6.51. The first kappa shape index (κ1) is 26.8. The van der Waals surface area contributed by atoms with Crippen LogP contribution >= 0.6 is 0 Å². The lowest BCUT2D eigenvalue weighted by Crippen LogP contribution is -2.66. The Bertz CT molecular complexity index is 618. The molecule has 2 heterocycles. The van der Waals surface area contributed by atoms with Gasteiger partial charge in [0.2, 0.25) is 0 Å². The lowest BCUT2D eigenvalue weighted by molar-refractivity contribution is -0.0153. The smallest absolute Gasteiger partial charge is 0.410 e. The van der Waals surface area contributed by atoms with Gasteiger partial charge in [0.15, 0.2) is 0 Å². The molecule has 3 atom stereocenters. The zero-order chi connectivity index (χ0) is 23.9. The number of β-amino-alcohol motifs (C(OH)–C–C–N with tert-alkyl or cyclic N) is 1. The first-order valence-electron chi connectivity index (χ1n) is 11.8. The van der Waals surface area contributed by atoms with Gasteiger partial charge in [-0.3, -0.25) is 4.90 Å². The fourth-order valence-corrected chi connectivity index (χ4v) is 16.1. The van der Waals surface area contributed by atoms with Crippen LogP contribution < -0.4 is 0 Å². The van der Waals surface area contributed by atoms with E-state index in [1.807, 2.05) is 20.8 Å². The summed E-state index contributed by atoms with van der Waals surface area (Å²) in [5.41, 5.74) is 0.163. The van der Waals surface area contributed by atoms with Crippen LogP contribution in [0.15, 0.2) is 0 Å². The molecule has 0 bridgehead atoms. The van der Waals surface area contributed by atoms with Crippen molar-refractivity contribution in [3.8, 4) is 0 Å². The highest BCUT2D eigenvalue weighted by atomic mass is 28.5. The summed E-state index contributed by atoms with van der Waals surface area (Å²) in [6.45, 7) is 23.3. The SMILES string of the molecule is CC(C)[Si]1(C(C)C)OC[C@@H]2[C@@H](O[Si](C(C)C)(C(C)C)O1)[C@@H](O)CN2C(=O)OC(C)(C)C. The quantitative estimate of drug-likeness (QED) is 0.581. The van der Waals surface area contributed by atoms with Crippen molar-refractivity contribution in [1.82, 2.24) is 4.90 Å². The molecule has 7 nitrogen and oxygen atoms in total. The fourth-order valence-electron chi connectivity index (χ4n) is 4.89. The molecular formula is C22H45NO6Si2. The van der Waals surface area contributed by atoms with Gasteiger partial charge in [0.05, 0.1) is 31.4 Å². The minimum absolute atomic E-state index is 0.169. The van der Waals surface area contributed by atoms with Crippen molar-refractivity contribution in [3.63, 3.8) is 0 Å². The van der Waals surface area contributed by atoms with Crippen LogP contribution in [0.25, 0.3) is 0 Å². The van der Waals surface area contributed by atoms with Crippen LogP contribution in [0, 0.1) is 0 Å². The molecule has 2 fully saturated rings. The van der Waals surface area contributed by atoms with Crippen molar-refractivity contribution in [2.45, 2.75) is 122 Å². The van der Waals surface area contributed by atoms with E-state index in [9.17, 15) is 9.90 Å². The number of aliphatic hydroxyl groups excluding tert-OH is 1. The van der Waals surface area contributed by atoms with Crippen molar-refractivity contribution < 1.29 is 27.6 Å². The third-order valence-corrected chi connectivity index (χ3v) is 16.8. The summed E-state index contributed by atoms with van der Waals surface area (Å²) in [5.74, 6) is 0. The zero-order valence-corrected chi connectivity index (χ0v) is 23.4. The van der Waals surface area contributed by atoms with Crippen LogP contribution in [0.4, 0.5) is 4.79 Å². The standard InChI is InChI=1S/C22H45NO6Si2/c1-14(2)30(15(3)4)26-13-18-20(28-31(29-30,16(5)6)17(7)8)19(24)12-23(18)21(25)27-22(9,10)11/h14-20,24H,12-13H2,1-11H3/t18-,19+,20-/m1/s1. The molecule has 0 spiro atoms. The monoisotopic (exact) mass is 475 g/mol. The number of likely N-dealkylation sites (tertiary alicyclic amines) is 1. The molecule has 0 unspecified atom stereocenters. The van der Waals surface area contributed by atoms with Crippen LogP contribution in [-0.4, -0.2) is 70.2 Å². The molecule has 0 aromatic heterocycles. The molecule has 0 aliphatic carbocycles. The highest BCUT2D eigenvalue weighted by molar-refractivity contribution is 6.84. The highest BCUT2D eigenvalue weighted by Crippen LogP contribution is 2.47. The Kier molecular flexibility index (Phi) is 8.14. The van der Waals surface area contributed by atoms with Crippen LogP contribution in [0.3, 0.4) is 0 Å². The van der Waals surface area contributed by atoms with E-state index in [0.29, 0.717) is 0 Å². The molecule has 182 valence electrons. The molecule has 0 radical (unpaired) electrons. The molecule has 0 saturated carbocycles. The Hall–Kier alpha value is -0.456. The number of hydrogen-bond acceptors (Lipinski definition) is 6. The number of carbonyl (C=O) groups excluding carboxylic acids is 1. The molecule has 9 heteroatoms. The second kappa shape index (κ2) is 9.42. The molecule has 1 N–H and O–H groups in total. The van der Waals surface area contributed by atoms with Gasteiger partial charge in [-0.25, -0.2) is 4.79 Å². The summed E-state index contributed by atoms with van der Waals surface area (Å²) < 4.78 is 26.4. The first-order chi connectivity index (χ1) is 14.1. The minimum atomic E-state index is -2.82. The maximum Gasteiger partial charge on any atom is 0.410 e. The molecule has 2 aliphatic rings. The van der Waals surface area contributed by atoms with Crippen LogP contribution in [0.2, 0.25) is 22.2 Å². The number of fused-ring (bicyclic) bond motifs is 1. The number of carbonyl (C=O) groups is 1. The molecule has 0 aromatic carbocycles. The minimum Gasteiger partial charge on any atom is -0.444 e. The third kappa shape index (κ3) is 5.22. The van der Waals surface area contributed by atoms with E-state index in [1.165, 1.54) is 0 Å². The van der Waals surface area contributed by atoms with E-state index in [4.69, 9.17) is 17.7 Å². The van der Waals surface area contributed by atoms with Crippen LogP contribution in [0.1, 0.15) is 76.2 Å². The number of nitrogens with zero attached hydrogens (tertiary/aromatic N) is 1. The average Bonchev–Trinajstić information content (AvgIpc) is 2.87. The van der Waals surface area contributed by atoms with Gasteiger partial charge in [-0.2, -0.15) is 0 Å². The topological polar surface area (TPSA) is 77.5 Å². The maximum atomic E-state index is 13.0. The molecule has 2 aliphatic heterocycles. The van der Waals surface area contributed by atoms with E-state index in [2.05, 4.69) is 55.4 Å². The van der Waals surface area contributed by atoms with E-state index in [-0.39, 0.29) is 35.3 Å². The lowest BCUT2D eigenvalue weighted by atomic mass is 10.1. The number of amides is 1. The summed E-state index contributed by atoms with van der Waals surface area (Å²) >= 11 is 0. The predicted octanol–water partition coefficient (Wildman–Crippen LogP) is 4.92. The first-order valence-corrected chi connectivity index (χ1v) is 15.7. The van der Waals surface area contributed by atoms with Crippen molar-refractivity contribution >= 4 is 23.2 Å². The largest absolute Gasteiger partial charge is 0.444 e. The van der Waals surface area contributed by atoms with Gasteiger partial charge < -0.3 is 22.8 Å².